The number of benzene rings is 1. The van der Waals surface area contributed by atoms with E-state index >= 15 is 0 Å². The van der Waals surface area contributed by atoms with E-state index in [9.17, 15) is 9.18 Å². The van der Waals surface area contributed by atoms with Crippen LogP contribution in [0.5, 0.6) is 0 Å². The first-order valence-corrected chi connectivity index (χ1v) is 6.80. The number of halogens is 2. The molecule has 98 valence electrons. The largest absolute Gasteiger partial charge is 0.349 e. The first kappa shape index (κ1) is 13.5. The summed E-state index contributed by atoms with van der Waals surface area (Å²) in [6, 6.07) is 4.54. The molecule has 1 aromatic rings. The van der Waals surface area contributed by atoms with Crippen LogP contribution in [0.25, 0.3) is 0 Å². The summed E-state index contributed by atoms with van der Waals surface area (Å²) in [5.74, 6) is -0.813. The summed E-state index contributed by atoms with van der Waals surface area (Å²) in [7, 11) is 2.06. The average molecular weight is 315 g/mol. The molecule has 0 aliphatic carbocycles. The molecule has 1 amide bonds. The van der Waals surface area contributed by atoms with Gasteiger partial charge in [0.15, 0.2) is 0 Å². The standard InChI is InChI=1S/C13H16BrFN2O/c1-17-6-4-10(5-7-17)16-13(18)11-8-9(14)2-3-12(11)15/h2-3,8,10H,4-7H2,1H3,(H,16,18). The molecule has 2 rings (SSSR count). The Morgan fingerprint density at radius 1 is 1.44 bits per heavy atom. The second kappa shape index (κ2) is 5.80. The maximum absolute atomic E-state index is 13.5. The van der Waals surface area contributed by atoms with Gasteiger partial charge in [0, 0.05) is 10.5 Å². The van der Waals surface area contributed by atoms with Gasteiger partial charge in [0.25, 0.3) is 5.91 Å². The molecule has 1 N–H and O–H groups in total. The number of rotatable bonds is 2. The van der Waals surface area contributed by atoms with Crippen molar-refractivity contribution in [3.63, 3.8) is 0 Å². The molecule has 1 aromatic carbocycles. The molecule has 0 bridgehead atoms. The summed E-state index contributed by atoms with van der Waals surface area (Å²) in [6.45, 7) is 1.93. The van der Waals surface area contributed by atoms with Crippen molar-refractivity contribution in [2.75, 3.05) is 20.1 Å². The summed E-state index contributed by atoms with van der Waals surface area (Å²) in [6.07, 6.45) is 1.83. The van der Waals surface area contributed by atoms with Crippen LogP contribution in [-0.2, 0) is 0 Å². The number of nitrogens with zero attached hydrogens (tertiary/aromatic N) is 1. The normalized spacial score (nSPS) is 17.7. The van der Waals surface area contributed by atoms with Crippen molar-refractivity contribution < 1.29 is 9.18 Å². The molecule has 1 heterocycles. The van der Waals surface area contributed by atoms with Crippen LogP contribution in [0.15, 0.2) is 22.7 Å². The fourth-order valence-electron chi connectivity index (χ4n) is 2.09. The topological polar surface area (TPSA) is 32.3 Å². The van der Waals surface area contributed by atoms with Crippen molar-refractivity contribution in [3.05, 3.63) is 34.1 Å². The maximum Gasteiger partial charge on any atom is 0.254 e. The Hall–Kier alpha value is -0.940. The Kier molecular flexibility index (Phi) is 4.35. The Morgan fingerprint density at radius 2 is 2.11 bits per heavy atom. The molecule has 1 aliphatic heterocycles. The van der Waals surface area contributed by atoms with E-state index < -0.39 is 5.82 Å². The average Bonchev–Trinajstić information content (AvgIpc) is 2.35. The smallest absolute Gasteiger partial charge is 0.254 e. The van der Waals surface area contributed by atoms with E-state index in [1.54, 1.807) is 6.07 Å². The van der Waals surface area contributed by atoms with Gasteiger partial charge < -0.3 is 10.2 Å². The van der Waals surface area contributed by atoms with Gasteiger partial charge in [-0.3, -0.25) is 4.79 Å². The molecule has 0 unspecified atom stereocenters. The van der Waals surface area contributed by atoms with Crippen LogP contribution < -0.4 is 5.32 Å². The molecule has 1 saturated heterocycles. The molecule has 18 heavy (non-hydrogen) atoms. The Labute approximate surface area is 114 Å². The monoisotopic (exact) mass is 314 g/mol. The van der Waals surface area contributed by atoms with E-state index in [-0.39, 0.29) is 17.5 Å². The fraction of sp³-hybridized carbons (Fsp3) is 0.462. The predicted molar refractivity (Wildman–Crippen MR) is 72.1 cm³/mol. The first-order chi connectivity index (χ1) is 8.56. The van der Waals surface area contributed by atoms with E-state index in [4.69, 9.17) is 0 Å². The third-order valence-electron chi connectivity index (χ3n) is 3.23. The van der Waals surface area contributed by atoms with Gasteiger partial charge in [0.2, 0.25) is 0 Å². The van der Waals surface area contributed by atoms with Crippen LogP contribution in [-0.4, -0.2) is 37.0 Å². The molecule has 0 saturated carbocycles. The lowest BCUT2D eigenvalue weighted by atomic mass is 10.0. The minimum atomic E-state index is -0.483. The van der Waals surface area contributed by atoms with Crippen molar-refractivity contribution in [1.82, 2.24) is 10.2 Å². The van der Waals surface area contributed by atoms with Crippen LogP contribution in [0.4, 0.5) is 4.39 Å². The van der Waals surface area contributed by atoms with E-state index in [2.05, 4.69) is 33.2 Å². The highest BCUT2D eigenvalue weighted by Crippen LogP contribution is 2.16. The third kappa shape index (κ3) is 3.29. The van der Waals surface area contributed by atoms with E-state index in [0.29, 0.717) is 4.47 Å². The van der Waals surface area contributed by atoms with Gasteiger partial charge in [-0.15, -0.1) is 0 Å². The van der Waals surface area contributed by atoms with E-state index in [0.717, 1.165) is 25.9 Å². The quantitative estimate of drug-likeness (QED) is 0.909. The van der Waals surface area contributed by atoms with Gasteiger partial charge in [0.1, 0.15) is 5.82 Å². The Morgan fingerprint density at radius 3 is 2.78 bits per heavy atom. The van der Waals surface area contributed by atoms with Gasteiger partial charge in [-0.1, -0.05) is 15.9 Å². The van der Waals surface area contributed by atoms with Crippen LogP contribution in [0.2, 0.25) is 0 Å². The van der Waals surface area contributed by atoms with Gasteiger partial charge in [0.05, 0.1) is 5.56 Å². The number of piperidine rings is 1. The molecule has 3 nitrogen and oxygen atoms in total. The molecule has 0 atom stereocenters. The number of likely N-dealkylation sites (tertiary alicyclic amines) is 1. The van der Waals surface area contributed by atoms with Crippen molar-refractivity contribution >= 4 is 21.8 Å². The van der Waals surface area contributed by atoms with E-state index in [1.165, 1.54) is 12.1 Å². The number of nitrogens with one attached hydrogen (secondary N) is 1. The van der Waals surface area contributed by atoms with Crippen molar-refractivity contribution in [3.8, 4) is 0 Å². The summed E-state index contributed by atoms with van der Waals surface area (Å²) < 4.78 is 14.3. The Bertz CT molecular complexity index is 445. The lowest BCUT2D eigenvalue weighted by Gasteiger charge is -2.29. The predicted octanol–water partition coefficient (Wildman–Crippen LogP) is 2.41. The SMILES string of the molecule is CN1CCC(NC(=O)c2cc(Br)ccc2F)CC1. The summed E-state index contributed by atoms with van der Waals surface area (Å²) in [5.41, 5.74) is 0.100. The summed E-state index contributed by atoms with van der Waals surface area (Å²) in [5, 5.41) is 2.90. The summed E-state index contributed by atoms with van der Waals surface area (Å²) in [4.78, 5) is 14.2. The molecule has 1 fully saturated rings. The fourth-order valence-corrected chi connectivity index (χ4v) is 2.45. The summed E-state index contributed by atoms with van der Waals surface area (Å²) >= 11 is 3.24. The van der Waals surface area contributed by atoms with Crippen molar-refractivity contribution in [2.45, 2.75) is 18.9 Å². The number of hydrogen-bond acceptors (Lipinski definition) is 2. The molecule has 0 aromatic heterocycles. The number of hydrogen-bond donors (Lipinski definition) is 1. The highest BCUT2D eigenvalue weighted by atomic mass is 79.9. The highest BCUT2D eigenvalue weighted by molar-refractivity contribution is 9.10. The van der Waals surface area contributed by atoms with Crippen LogP contribution in [0, 0.1) is 5.82 Å². The molecular weight excluding hydrogens is 299 g/mol. The first-order valence-electron chi connectivity index (χ1n) is 6.00. The third-order valence-corrected chi connectivity index (χ3v) is 3.72. The minimum absolute atomic E-state index is 0.100. The lowest BCUT2D eigenvalue weighted by molar-refractivity contribution is 0.0912. The van der Waals surface area contributed by atoms with Gasteiger partial charge in [-0.2, -0.15) is 0 Å². The van der Waals surface area contributed by atoms with Crippen molar-refractivity contribution in [2.24, 2.45) is 0 Å². The zero-order chi connectivity index (χ0) is 13.1. The Balaban J connectivity index is 2.01. The van der Waals surface area contributed by atoms with Gasteiger partial charge >= 0.3 is 0 Å². The van der Waals surface area contributed by atoms with Gasteiger partial charge in [-0.05, 0) is 51.2 Å². The number of amides is 1. The molecule has 5 heteroatoms. The van der Waals surface area contributed by atoms with Crippen molar-refractivity contribution in [1.29, 1.82) is 0 Å². The zero-order valence-electron chi connectivity index (χ0n) is 10.2. The minimum Gasteiger partial charge on any atom is -0.349 e. The molecule has 0 spiro atoms. The highest BCUT2D eigenvalue weighted by Gasteiger charge is 2.20. The van der Waals surface area contributed by atoms with Crippen LogP contribution in [0.1, 0.15) is 23.2 Å². The maximum atomic E-state index is 13.5. The van der Waals surface area contributed by atoms with Crippen LogP contribution >= 0.6 is 15.9 Å². The second-order valence-electron chi connectivity index (χ2n) is 4.68. The number of carbonyl (C=O) groups is 1. The van der Waals surface area contributed by atoms with Gasteiger partial charge in [-0.25, -0.2) is 4.39 Å². The zero-order valence-corrected chi connectivity index (χ0v) is 11.8. The number of carbonyl (C=O) groups excluding carboxylic acids is 1. The van der Waals surface area contributed by atoms with E-state index in [1.807, 2.05) is 0 Å². The molecule has 1 aliphatic rings. The molecular formula is C13H16BrFN2O. The second-order valence-corrected chi connectivity index (χ2v) is 5.59. The lowest BCUT2D eigenvalue weighted by Crippen LogP contribution is -2.43. The van der Waals surface area contributed by atoms with Crippen LogP contribution in [0.3, 0.4) is 0 Å². The molecule has 0 radical (unpaired) electrons.